The molecule has 0 radical (unpaired) electrons. The first-order valence-electron chi connectivity index (χ1n) is 9.04. The molecule has 1 aliphatic rings. The number of carbonyl (C=O) groups is 1. The van der Waals surface area contributed by atoms with E-state index in [1.165, 1.54) is 12.1 Å². The molecule has 2 aromatic rings. The van der Waals surface area contributed by atoms with Crippen LogP contribution >= 0.6 is 0 Å². The molecule has 7 heteroatoms. The fourth-order valence-electron chi connectivity index (χ4n) is 3.38. The maximum Gasteiger partial charge on any atom is 0.319 e. The van der Waals surface area contributed by atoms with Crippen LogP contribution in [0.25, 0.3) is 0 Å². The standard InChI is InChI=1S/C20H24FN3O3/c1-26-12-13-27-18-9-8-17(14-22-18)23-19(25)24-20(10-2-3-11-20)15-4-6-16(21)7-5-15/h4-9,14H,2-3,10-13H2,1H3,(H2,23,24,25). The number of urea groups is 1. The molecule has 0 saturated heterocycles. The minimum atomic E-state index is -0.464. The zero-order chi connectivity index (χ0) is 19.1. The molecule has 27 heavy (non-hydrogen) atoms. The third-order valence-corrected chi connectivity index (χ3v) is 4.74. The van der Waals surface area contributed by atoms with Crippen LogP contribution in [0, 0.1) is 5.82 Å². The first-order chi connectivity index (χ1) is 13.1. The van der Waals surface area contributed by atoms with Crippen molar-refractivity contribution in [3.05, 3.63) is 54.0 Å². The number of pyridine rings is 1. The van der Waals surface area contributed by atoms with Crippen molar-refractivity contribution in [3.63, 3.8) is 0 Å². The van der Waals surface area contributed by atoms with Gasteiger partial charge in [0.05, 0.1) is 24.0 Å². The average molecular weight is 373 g/mol. The number of methoxy groups -OCH3 is 1. The number of benzene rings is 1. The number of rotatable bonds is 7. The fourth-order valence-corrected chi connectivity index (χ4v) is 3.38. The Morgan fingerprint density at radius 2 is 1.89 bits per heavy atom. The van der Waals surface area contributed by atoms with E-state index in [2.05, 4.69) is 15.6 Å². The Balaban J connectivity index is 1.62. The first-order valence-corrected chi connectivity index (χ1v) is 9.04. The van der Waals surface area contributed by atoms with Crippen molar-refractivity contribution < 1.29 is 18.7 Å². The van der Waals surface area contributed by atoms with E-state index in [0.29, 0.717) is 24.8 Å². The topological polar surface area (TPSA) is 72.5 Å². The van der Waals surface area contributed by atoms with Crippen LogP contribution in [0.3, 0.4) is 0 Å². The summed E-state index contributed by atoms with van der Waals surface area (Å²) in [5.74, 6) is 0.187. The molecule has 0 unspecified atom stereocenters. The second-order valence-corrected chi connectivity index (χ2v) is 6.60. The molecular formula is C20H24FN3O3. The molecule has 0 atom stereocenters. The van der Waals surface area contributed by atoms with E-state index in [-0.39, 0.29) is 11.8 Å². The molecule has 1 heterocycles. The predicted octanol–water partition coefficient (Wildman–Crippen LogP) is 3.84. The highest BCUT2D eigenvalue weighted by molar-refractivity contribution is 5.89. The lowest BCUT2D eigenvalue weighted by molar-refractivity contribution is 0.144. The number of aromatic nitrogens is 1. The van der Waals surface area contributed by atoms with Crippen LogP contribution < -0.4 is 15.4 Å². The number of anilines is 1. The van der Waals surface area contributed by atoms with Crippen molar-refractivity contribution in [2.24, 2.45) is 0 Å². The summed E-state index contributed by atoms with van der Waals surface area (Å²) in [6, 6.07) is 9.46. The number of nitrogens with zero attached hydrogens (tertiary/aromatic N) is 1. The first kappa shape index (κ1) is 19.1. The lowest BCUT2D eigenvalue weighted by Crippen LogP contribution is -2.45. The monoisotopic (exact) mass is 373 g/mol. The Kier molecular flexibility index (Phi) is 6.24. The summed E-state index contributed by atoms with van der Waals surface area (Å²) in [4.78, 5) is 16.7. The molecule has 3 rings (SSSR count). The Morgan fingerprint density at radius 3 is 2.52 bits per heavy atom. The maximum absolute atomic E-state index is 13.3. The number of hydrogen-bond acceptors (Lipinski definition) is 4. The average Bonchev–Trinajstić information content (AvgIpc) is 3.13. The molecule has 1 saturated carbocycles. The zero-order valence-corrected chi connectivity index (χ0v) is 15.3. The number of carbonyl (C=O) groups excluding carboxylic acids is 1. The van der Waals surface area contributed by atoms with Crippen molar-refractivity contribution in [1.82, 2.24) is 10.3 Å². The highest BCUT2D eigenvalue weighted by Gasteiger charge is 2.37. The van der Waals surface area contributed by atoms with E-state index in [1.807, 2.05) is 0 Å². The summed E-state index contributed by atoms with van der Waals surface area (Å²) in [7, 11) is 1.60. The molecule has 6 nitrogen and oxygen atoms in total. The van der Waals surface area contributed by atoms with Gasteiger partial charge in [-0.25, -0.2) is 14.2 Å². The number of hydrogen-bond donors (Lipinski definition) is 2. The largest absolute Gasteiger partial charge is 0.475 e. The van der Waals surface area contributed by atoms with Gasteiger partial charge in [0.15, 0.2) is 0 Å². The van der Waals surface area contributed by atoms with Crippen molar-refractivity contribution in [2.45, 2.75) is 31.2 Å². The van der Waals surface area contributed by atoms with E-state index in [4.69, 9.17) is 9.47 Å². The Labute approximate surface area is 158 Å². The van der Waals surface area contributed by atoms with Crippen LogP contribution in [0.4, 0.5) is 14.9 Å². The second-order valence-electron chi connectivity index (χ2n) is 6.60. The highest BCUT2D eigenvalue weighted by Crippen LogP contribution is 2.38. The Hall–Kier alpha value is -2.67. The minimum Gasteiger partial charge on any atom is -0.475 e. The van der Waals surface area contributed by atoms with Gasteiger partial charge in [-0.05, 0) is 36.6 Å². The Morgan fingerprint density at radius 1 is 1.15 bits per heavy atom. The molecule has 144 valence electrons. The van der Waals surface area contributed by atoms with Crippen molar-refractivity contribution >= 4 is 11.7 Å². The quantitative estimate of drug-likeness (QED) is 0.724. The molecule has 1 aliphatic carbocycles. The van der Waals surface area contributed by atoms with Gasteiger partial charge in [0.25, 0.3) is 0 Å². The van der Waals surface area contributed by atoms with Gasteiger partial charge in [0.1, 0.15) is 12.4 Å². The summed E-state index contributed by atoms with van der Waals surface area (Å²) in [5, 5.41) is 5.89. The van der Waals surface area contributed by atoms with E-state index < -0.39 is 5.54 Å². The summed E-state index contributed by atoms with van der Waals surface area (Å²) in [6.45, 7) is 0.895. The molecular weight excluding hydrogens is 349 g/mol. The fraction of sp³-hybridized carbons (Fsp3) is 0.400. The van der Waals surface area contributed by atoms with Gasteiger partial charge in [-0.1, -0.05) is 25.0 Å². The van der Waals surface area contributed by atoms with E-state index in [1.54, 1.807) is 37.6 Å². The van der Waals surface area contributed by atoms with Crippen molar-refractivity contribution in [3.8, 4) is 5.88 Å². The lowest BCUT2D eigenvalue weighted by atomic mass is 9.88. The van der Waals surface area contributed by atoms with Gasteiger partial charge in [0.2, 0.25) is 5.88 Å². The predicted molar refractivity (Wildman–Crippen MR) is 100 cm³/mol. The normalized spacial score (nSPS) is 15.3. The molecule has 2 N–H and O–H groups in total. The smallest absolute Gasteiger partial charge is 0.319 e. The number of halogens is 1. The van der Waals surface area contributed by atoms with Gasteiger partial charge in [-0.15, -0.1) is 0 Å². The summed E-state index contributed by atoms with van der Waals surface area (Å²) < 4.78 is 23.6. The molecule has 0 spiro atoms. The summed E-state index contributed by atoms with van der Waals surface area (Å²) in [6.07, 6.45) is 5.24. The molecule has 0 bridgehead atoms. The van der Waals surface area contributed by atoms with E-state index >= 15 is 0 Å². The summed E-state index contributed by atoms with van der Waals surface area (Å²) >= 11 is 0. The van der Waals surface area contributed by atoms with Crippen molar-refractivity contribution in [2.75, 3.05) is 25.6 Å². The second kappa shape index (κ2) is 8.81. The molecule has 2 amide bonds. The van der Waals surface area contributed by atoms with Crippen LogP contribution in [0.1, 0.15) is 31.2 Å². The molecule has 1 fully saturated rings. The van der Waals surface area contributed by atoms with Gasteiger partial charge < -0.3 is 20.1 Å². The molecule has 1 aromatic heterocycles. The van der Waals surface area contributed by atoms with Gasteiger partial charge in [-0.3, -0.25) is 0 Å². The number of amides is 2. The van der Waals surface area contributed by atoms with Crippen molar-refractivity contribution in [1.29, 1.82) is 0 Å². The van der Waals surface area contributed by atoms with Gasteiger partial charge >= 0.3 is 6.03 Å². The van der Waals surface area contributed by atoms with Crippen LogP contribution in [0.15, 0.2) is 42.6 Å². The van der Waals surface area contributed by atoms with Gasteiger partial charge in [-0.2, -0.15) is 0 Å². The van der Waals surface area contributed by atoms with Crippen LogP contribution in [0.5, 0.6) is 5.88 Å². The minimum absolute atomic E-state index is 0.282. The summed E-state index contributed by atoms with van der Waals surface area (Å²) in [5.41, 5.74) is 1.03. The van der Waals surface area contributed by atoms with E-state index in [0.717, 1.165) is 31.2 Å². The van der Waals surface area contributed by atoms with Crippen LogP contribution in [0.2, 0.25) is 0 Å². The molecule has 0 aliphatic heterocycles. The van der Waals surface area contributed by atoms with Crippen LogP contribution in [-0.4, -0.2) is 31.3 Å². The number of ether oxygens (including phenoxy) is 2. The highest BCUT2D eigenvalue weighted by atomic mass is 19.1. The Bertz CT molecular complexity index is 744. The zero-order valence-electron chi connectivity index (χ0n) is 15.3. The van der Waals surface area contributed by atoms with Gasteiger partial charge in [0, 0.05) is 13.2 Å². The number of nitrogens with one attached hydrogen (secondary N) is 2. The SMILES string of the molecule is COCCOc1ccc(NC(=O)NC2(c3ccc(F)cc3)CCCC2)cn1. The lowest BCUT2D eigenvalue weighted by Gasteiger charge is -2.31. The van der Waals surface area contributed by atoms with E-state index in [9.17, 15) is 9.18 Å². The third kappa shape index (κ3) is 4.95. The third-order valence-electron chi connectivity index (χ3n) is 4.74. The van der Waals surface area contributed by atoms with Crippen LogP contribution in [-0.2, 0) is 10.3 Å². The maximum atomic E-state index is 13.3. The molecule has 1 aromatic carbocycles.